The Labute approximate surface area is 162 Å². The number of urea groups is 1. The fourth-order valence-corrected chi connectivity index (χ4v) is 3.61. The third-order valence-electron chi connectivity index (χ3n) is 4.80. The van der Waals surface area contributed by atoms with Crippen LogP contribution in [0.15, 0.2) is 36.5 Å². The number of aromatic nitrogens is 1. The average Bonchev–Trinajstić information content (AvgIpc) is 2.67. The van der Waals surface area contributed by atoms with Crippen molar-refractivity contribution in [3.8, 4) is 5.75 Å². The minimum absolute atomic E-state index is 0.0413. The predicted molar refractivity (Wildman–Crippen MR) is 102 cm³/mol. The molecular formula is C19H20ClFN4O2. The lowest BCUT2D eigenvalue weighted by atomic mass is 10.2. The van der Waals surface area contributed by atoms with Crippen molar-refractivity contribution >= 4 is 29.1 Å². The van der Waals surface area contributed by atoms with Gasteiger partial charge < -0.3 is 14.5 Å². The van der Waals surface area contributed by atoms with Gasteiger partial charge in [0.1, 0.15) is 23.5 Å². The number of amides is 2. The molecule has 0 spiro atoms. The van der Waals surface area contributed by atoms with Gasteiger partial charge in [-0.05, 0) is 31.2 Å². The highest BCUT2D eigenvalue weighted by molar-refractivity contribution is 6.30. The van der Waals surface area contributed by atoms with Crippen molar-refractivity contribution in [3.63, 3.8) is 0 Å². The van der Waals surface area contributed by atoms with E-state index in [1.807, 2.05) is 17.9 Å². The molecule has 27 heavy (non-hydrogen) atoms. The Hall–Kier alpha value is -2.54. The molecule has 4 rings (SSSR count). The van der Waals surface area contributed by atoms with E-state index < -0.39 is 0 Å². The smallest absolute Gasteiger partial charge is 0.324 e. The van der Waals surface area contributed by atoms with E-state index in [0.717, 1.165) is 11.5 Å². The first-order chi connectivity index (χ1) is 13.0. The van der Waals surface area contributed by atoms with Gasteiger partial charge >= 0.3 is 6.03 Å². The summed E-state index contributed by atoms with van der Waals surface area (Å²) < 4.78 is 18.9. The summed E-state index contributed by atoms with van der Waals surface area (Å²) in [6.07, 6.45) is 1.11. The van der Waals surface area contributed by atoms with Gasteiger partial charge in [-0.25, -0.2) is 14.2 Å². The van der Waals surface area contributed by atoms with Crippen LogP contribution in [0, 0.1) is 5.82 Å². The molecule has 142 valence electrons. The highest BCUT2D eigenvalue weighted by Gasteiger charge is 2.32. The molecule has 1 aromatic carbocycles. The van der Waals surface area contributed by atoms with Gasteiger partial charge in [0, 0.05) is 37.3 Å². The summed E-state index contributed by atoms with van der Waals surface area (Å²) in [5.74, 6) is 1.000. The topological polar surface area (TPSA) is 48.9 Å². The average molecular weight is 391 g/mol. The Kier molecular flexibility index (Phi) is 4.78. The minimum atomic E-state index is -0.354. The van der Waals surface area contributed by atoms with Crippen molar-refractivity contribution in [1.29, 1.82) is 0 Å². The molecule has 0 bridgehead atoms. The largest absolute Gasteiger partial charge is 0.487 e. The molecule has 1 aromatic heterocycles. The van der Waals surface area contributed by atoms with Crippen LogP contribution in [0.3, 0.4) is 0 Å². The van der Waals surface area contributed by atoms with Crippen molar-refractivity contribution in [2.75, 3.05) is 42.5 Å². The molecule has 2 amide bonds. The van der Waals surface area contributed by atoms with Crippen molar-refractivity contribution in [3.05, 3.63) is 47.4 Å². The number of piperazine rings is 1. The molecule has 1 saturated heterocycles. The number of pyridine rings is 1. The van der Waals surface area contributed by atoms with Crippen LogP contribution in [0.1, 0.15) is 6.92 Å². The number of nitrogens with zero attached hydrogens (tertiary/aromatic N) is 4. The molecule has 2 aliphatic heterocycles. The molecule has 1 fully saturated rings. The predicted octanol–water partition coefficient (Wildman–Crippen LogP) is 3.40. The third kappa shape index (κ3) is 3.64. The number of benzene rings is 1. The maximum absolute atomic E-state index is 13.1. The molecule has 0 aliphatic carbocycles. The van der Waals surface area contributed by atoms with E-state index in [-0.39, 0.29) is 18.0 Å². The lowest BCUT2D eigenvalue weighted by Gasteiger charge is -2.40. The Morgan fingerprint density at radius 2 is 2.00 bits per heavy atom. The second-order valence-electron chi connectivity index (χ2n) is 6.74. The highest BCUT2D eigenvalue weighted by atomic mass is 35.5. The first-order valence-electron chi connectivity index (χ1n) is 8.90. The molecule has 2 aromatic rings. The number of rotatable bonds is 1. The number of halogens is 2. The number of fused-ring (bicyclic) bond motifs is 1. The molecule has 6 nitrogen and oxygen atoms in total. The van der Waals surface area contributed by atoms with Gasteiger partial charge in [-0.3, -0.25) is 4.90 Å². The van der Waals surface area contributed by atoms with E-state index in [1.54, 1.807) is 23.1 Å². The summed E-state index contributed by atoms with van der Waals surface area (Å²) in [5.41, 5.74) is 0.741. The van der Waals surface area contributed by atoms with Crippen molar-refractivity contribution in [2.24, 2.45) is 0 Å². The normalized spacial score (nSPS) is 19.5. The fraction of sp³-hybridized carbons (Fsp3) is 0.368. The quantitative estimate of drug-likeness (QED) is 0.748. The number of hydrogen-bond donors (Lipinski definition) is 0. The van der Waals surface area contributed by atoms with E-state index in [4.69, 9.17) is 16.3 Å². The van der Waals surface area contributed by atoms with Crippen LogP contribution in [0.2, 0.25) is 5.02 Å². The second kappa shape index (κ2) is 7.23. The molecule has 8 heteroatoms. The van der Waals surface area contributed by atoms with Crippen LogP contribution in [0.25, 0.3) is 0 Å². The van der Waals surface area contributed by atoms with Crippen molar-refractivity contribution in [1.82, 2.24) is 9.88 Å². The molecule has 1 atom stereocenters. The van der Waals surface area contributed by atoms with Crippen LogP contribution in [0.5, 0.6) is 5.75 Å². The Morgan fingerprint density at radius 1 is 1.22 bits per heavy atom. The number of carbonyl (C=O) groups is 1. The number of hydrogen-bond acceptors (Lipinski definition) is 4. The van der Waals surface area contributed by atoms with Crippen LogP contribution in [-0.4, -0.2) is 54.7 Å². The van der Waals surface area contributed by atoms with E-state index in [1.165, 1.54) is 12.3 Å². The summed E-state index contributed by atoms with van der Waals surface area (Å²) in [6, 6.07) is 8.34. The Balaban J connectivity index is 1.46. The minimum Gasteiger partial charge on any atom is -0.487 e. The molecule has 3 heterocycles. The van der Waals surface area contributed by atoms with E-state index in [0.29, 0.717) is 43.5 Å². The van der Waals surface area contributed by atoms with Gasteiger partial charge in [0.25, 0.3) is 0 Å². The Bertz CT molecular complexity index is 840. The molecular weight excluding hydrogens is 371 g/mol. The maximum atomic E-state index is 13.1. The summed E-state index contributed by atoms with van der Waals surface area (Å²) in [7, 11) is 0. The standard InChI is InChI=1S/C19H20ClFN4O2/c1-13-12-25(16-4-2-14(20)10-17(16)27-13)19(26)24-8-6-23(7-9-24)18-5-3-15(21)11-22-18/h2-5,10-11,13H,6-9,12H2,1H3. The van der Waals surface area contributed by atoms with E-state index in [9.17, 15) is 9.18 Å². The molecule has 2 aliphatic rings. The molecule has 0 N–H and O–H groups in total. The van der Waals surface area contributed by atoms with Crippen molar-refractivity contribution in [2.45, 2.75) is 13.0 Å². The zero-order valence-corrected chi connectivity index (χ0v) is 15.7. The van der Waals surface area contributed by atoms with Crippen LogP contribution in [-0.2, 0) is 0 Å². The second-order valence-corrected chi connectivity index (χ2v) is 7.18. The monoisotopic (exact) mass is 390 g/mol. The van der Waals surface area contributed by atoms with Gasteiger partial charge in [0.05, 0.1) is 18.4 Å². The molecule has 1 unspecified atom stereocenters. The van der Waals surface area contributed by atoms with Gasteiger partial charge in [-0.2, -0.15) is 0 Å². The number of anilines is 2. The third-order valence-corrected chi connectivity index (χ3v) is 5.03. The lowest BCUT2D eigenvalue weighted by Crippen LogP contribution is -2.55. The SMILES string of the molecule is CC1CN(C(=O)N2CCN(c3ccc(F)cn3)CC2)c2ccc(Cl)cc2O1. The number of ether oxygens (including phenoxy) is 1. The molecule has 0 radical (unpaired) electrons. The fourth-order valence-electron chi connectivity index (χ4n) is 3.45. The van der Waals surface area contributed by atoms with E-state index >= 15 is 0 Å². The summed E-state index contributed by atoms with van der Waals surface area (Å²) >= 11 is 6.06. The summed E-state index contributed by atoms with van der Waals surface area (Å²) in [6.45, 7) is 4.88. The van der Waals surface area contributed by atoms with Crippen LogP contribution < -0.4 is 14.5 Å². The highest BCUT2D eigenvalue weighted by Crippen LogP contribution is 2.36. The van der Waals surface area contributed by atoms with Crippen LogP contribution >= 0.6 is 11.6 Å². The zero-order valence-electron chi connectivity index (χ0n) is 14.9. The van der Waals surface area contributed by atoms with Gasteiger partial charge in [-0.15, -0.1) is 0 Å². The first kappa shape index (κ1) is 17.9. The lowest BCUT2D eigenvalue weighted by molar-refractivity contribution is 0.182. The maximum Gasteiger partial charge on any atom is 0.324 e. The van der Waals surface area contributed by atoms with Crippen molar-refractivity contribution < 1.29 is 13.9 Å². The first-order valence-corrected chi connectivity index (χ1v) is 9.28. The zero-order chi connectivity index (χ0) is 19.0. The molecule has 0 saturated carbocycles. The summed E-state index contributed by atoms with van der Waals surface area (Å²) in [4.78, 5) is 22.9. The van der Waals surface area contributed by atoms with E-state index in [2.05, 4.69) is 9.88 Å². The Morgan fingerprint density at radius 3 is 2.70 bits per heavy atom. The number of carbonyl (C=O) groups excluding carboxylic acids is 1. The van der Waals surface area contributed by atoms with Gasteiger partial charge in [-0.1, -0.05) is 11.6 Å². The van der Waals surface area contributed by atoms with Crippen LogP contribution in [0.4, 0.5) is 20.7 Å². The van der Waals surface area contributed by atoms with Gasteiger partial charge in [0.2, 0.25) is 0 Å². The summed E-state index contributed by atoms with van der Waals surface area (Å²) in [5, 5.41) is 0.579. The van der Waals surface area contributed by atoms with Gasteiger partial charge in [0.15, 0.2) is 0 Å².